The summed E-state index contributed by atoms with van der Waals surface area (Å²) in [5.41, 5.74) is 0. The summed E-state index contributed by atoms with van der Waals surface area (Å²) < 4.78 is 5.19. The molecule has 0 radical (unpaired) electrons. The average Bonchev–Trinajstić information content (AvgIpc) is 2.15. The van der Waals surface area contributed by atoms with Crippen LogP contribution in [-0.4, -0.2) is 12.1 Å². The molecule has 1 atom stereocenters. The second-order valence-electron chi connectivity index (χ2n) is 4.07. The number of ether oxygens (including phenoxy) is 1. The molecule has 1 unspecified atom stereocenters. The minimum Gasteiger partial charge on any atom is -0.458 e. The van der Waals surface area contributed by atoms with Gasteiger partial charge in [-0.2, -0.15) is 0 Å². The zero-order chi connectivity index (χ0) is 11.1. The van der Waals surface area contributed by atoms with Crippen molar-refractivity contribution in [3.63, 3.8) is 0 Å². The highest BCUT2D eigenvalue weighted by atomic mass is 35.5. The molecule has 0 bridgehead atoms. The molecule has 0 saturated heterocycles. The molecule has 0 heterocycles. The van der Waals surface area contributed by atoms with Crippen molar-refractivity contribution in [3.05, 3.63) is 11.1 Å². The van der Waals surface area contributed by atoms with Crippen LogP contribution in [0.3, 0.4) is 0 Å². The number of rotatable bonds is 1. The van der Waals surface area contributed by atoms with Gasteiger partial charge < -0.3 is 4.74 Å². The Kier molecular flexibility index (Phi) is 5.77. The lowest BCUT2D eigenvalue weighted by molar-refractivity contribution is -0.144. The van der Waals surface area contributed by atoms with Gasteiger partial charge in [-0.05, 0) is 31.8 Å². The van der Waals surface area contributed by atoms with Gasteiger partial charge in [0.25, 0.3) is 0 Å². The largest absolute Gasteiger partial charge is 0.458 e. The summed E-state index contributed by atoms with van der Waals surface area (Å²) in [7, 11) is 0. The van der Waals surface area contributed by atoms with Gasteiger partial charge in [-0.3, -0.25) is 4.79 Å². The maximum absolute atomic E-state index is 10.9. The van der Waals surface area contributed by atoms with Crippen LogP contribution in [-0.2, 0) is 9.53 Å². The fourth-order valence-electron chi connectivity index (χ4n) is 1.84. The lowest BCUT2D eigenvalue weighted by atomic mass is 10.0. The maximum atomic E-state index is 10.9. The molecule has 0 aromatic carbocycles. The average molecular weight is 231 g/mol. The van der Waals surface area contributed by atoms with E-state index in [1.54, 1.807) is 0 Å². The van der Waals surface area contributed by atoms with Gasteiger partial charge in [0.05, 0.1) is 0 Å². The first-order valence-corrected chi connectivity index (χ1v) is 6.09. The first-order chi connectivity index (χ1) is 7.18. The van der Waals surface area contributed by atoms with E-state index in [-0.39, 0.29) is 12.1 Å². The predicted molar refractivity (Wildman–Crippen MR) is 61.8 cm³/mol. The van der Waals surface area contributed by atoms with E-state index in [0.717, 1.165) is 30.7 Å². The van der Waals surface area contributed by atoms with Gasteiger partial charge >= 0.3 is 5.97 Å². The van der Waals surface area contributed by atoms with E-state index in [9.17, 15) is 4.79 Å². The Balaban J connectivity index is 2.54. The van der Waals surface area contributed by atoms with E-state index in [1.807, 2.05) is 6.08 Å². The normalized spacial score (nSPS) is 27.6. The molecule has 0 aromatic heterocycles. The van der Waals surface area contributed by atoms with E-state index in [0.29, 0.717) is 0 Å². The number of esters is 1. The highest BCUT2D eigenvalue weighted by molar-refractivity contribution is 6.29. The third-order valence-corrected chi connectivity index (χ3v) is 2.90. The number of halogens is 1. The molecule has 3 heteroatoms. The van der Waals surface area contributed by atoms with Crippen molar-refractivity contribution in [2.75, 3.05) is 0 Å². The Morgan fingerprint density at radius 3 is 2.73 bits per heavy atom. The Morgan fingerprint density at radius 2 is 2.00 bits per heavy atom. The fourth-order valence-corrected chi connectivity index (χ4v) is 2.12. The molecule has 0 spiro atoms. The minimum absolute atomic E-state index is 0.118. The smallest absolute Gasteiger partial charge is 0.303 e. The van der Waals surface area contributed by atoms with Gasteiger partial charge in [-0.15, -0.1) is 0 Å². The van der Waals surface area contributed by atoms with Crippen LogP contribution in [0.2, 0.25) is 0 Å². The Bertz CT molecular complexity index is 236. The van der Waals surface area contributed by atoms with Gasteiger partial charge in [0, 0.05) is 12.0 Å². The number of hydrogen-bond acceptors (Lipinski definition) is 2. The molecule has 0 fully saturated rings. The first-order valence-electron chi connectivity index (χ1n) is 5.72. The molecule has 15 heavy (non-hydrogen) atoms. The molecule has 1 rings (SSSR count). The van der Waals surface area contributed by atoms with E-state index in [1.165, 1.54) is 26.2 Å². The molecule has 2 nitrogen and oxygen atoms in total. The van der Waals surface area contributed by atoms with Crippen molar-refractivity contribution in [1.82, 2.24) is 0 Å². The number of allylic oxidation sites excluding steroid dienone is 1. The maximum Gasteiger partial charge on any atom is 0.303 e. The van der Waals surface area contributed by atoms with Gasteiger partial charge in [-0.1, -0.05) is 30.9 Å². The van der Waals surface area contributed by atoms with Gasteiger partial charge in [0.1, 0.15) is 6.10 Å². The summed E-state index contributed by atoms with van der Waals surface area (Å²) in [6, 6.07) is 0. The van der Waals surface area contributed by atoms with Crippen LogP contribution in [0.15, 0.2) is 11.1 Å². The van der Waals surface area contributed by atoms with Crippen molar-refractivity contribution < 1.29 is 9.53 Å². The van der Waals surface area contributed by atoms with Crippen molar-refractivity contribution in [1.29, 1.82) is 0 Å². The quantitative estimate of drug-likeness (QED) is 0.641. The minimum atomic E-state index is -0.224. The Labute approximate surface area is 96.6 Å². The predicted octanol–water partition coefficient (Wildman–Crippen LogP) is 3.79. The Morgan fingerprint density at radius 1 is 1.33 bits per heavy atom. The van der Waals surface area contributed by atoms with Gasteiger partial charge in [-0.25, -0.2) is 0 Å². The van der Waals surface area contributed by atoms with Crippen molar-refractivity contribution in [2.45, 2.75) is 58.0 Å². The van der Waals surface area contributed by atoms with Crippen LogP contribution in [0.1, 0.15) is 51.9 Å². The molecule has 86 valence electrons. The van der Waals surface area contributed by atoms with E-state index >= 15 is 0 Å². The molecular weight excluding hydrogens is 212 g/mol. The van der Waals surface area contributed by atoms with Crippen molar-refractivity contribution in [2.24, 2.45) is 0 Å². The summed E-state index contributed by atoms with van der Waals surface area (Å²) in [5, 5.41) is 0.836. The van der Waals surface area contributed by atoms with Crippen LogP contribution >= 0.6 is 11.6 Å². The monoisotopic (exact) mass is 230 g/mol. The first kappa shape index (κ1) is 12.6. The van der Waals surface area contributed by atoms with Gasteiger partial charge in [0.15, 0.2) is 0 Å². The highest BCUT2D eigenvalue weighted by Crippen LogP contribution is 2.20. The molecular formula is C12H19ClO2. The zero-order valence-corrected chi connectivity index (χ0v) is 10.1. The lowest BCUT2D eigenvalue weighted by Crippen LogP contribution is -2.14. The molecule has 0 saturated carbocycles. The van der Waals surface area contributed by atoms with Crippen LogP contribution in [0.5, 0.6) is 0 Å². The third-order valence-electron chi connectivity index (χ3n) is 2.59. The summed E-state index contributed by atoms with van der Waals surface area (Å²) >= 11 is 6.07. The van der Waals surface area contributed by atoms with Crippen LogP contribution < -0.4 is 0 Å². The fraction of sp³-hybridized carbons (Fsp3) is 0.750. The summed E-state index contributed by atoms with van der Waals surface area (Å²) in [6.07, 6.45) is 9.58. The second-order valence-corrected chi connectivity index (χ2v) is 4.55. The molecule has 1 aliphatic carbocycles. The van der Waals surface area contributed by atoms with Crippen molar-refractivity contribution in [3.8, 4) is 0 Å². The van der Waals surface area contributed by atoms with Crippen molar-refractivity contribution >= 4 is 17.6 Å². The SMILES string of the molecule is CC(=O)OC1/C=C(/Cl)CCCCCCC1. The molecule has 1 aliphatic rings. The van der Waals surface area contributed by atoms with Crippen LogP contribution in [0.4, 0.5) is 0 Å². The van der Waals surface area contributed by atoms with E-state index < -0.39 is 0 Å². The number of carbonyl (C=O) groups is 1. The molecule has 0 aliphatic heterocycles. The Hall–Kier alpha value is -0.500. The highest BCUT2D eigenvalue weighted by Gasteiger charge is 2.11. The third kappa shape index (κ3) is 5.83. The standard InChI is InChI=1S/C12H19ClO2/c1-10(14)15-12-8-6-4-2-3-5-7-11(13)9-12/h9,12H,2-8H2,1H3/b11-9+. The molecule has 0 amide bonds. The summed E-state index contributed by atoms with van der Waals surface area (Å²) in [4.78, 5) is 10.9. The molecule has 0 N–H and O–H groups in total. The number of hydrogen-bond donors (Lipinski definition) is 0. The molecule has 0 aromatic rings. The van der Waals surface area contributed by atoms with E-state index in [2.05, 4.69) is 0 Å². The second kappa shape index (κ2) is 6.89. The summed E-state index contributed by atoms with van der Waals surface area (Å²) in [5.74, 6) is -0.224. The number of carbonyl (C=O) groups excluding carboxylic acids is 1. The van der Waals surface area contributed by atoms with Gasteiger partial charge in [0.2, 0.25) is 0 Å². The lowest BCUT2D eigenvalue weighted by Gasteiger charge is -2.15. The zero-order valence-electron chi connectivity index (χ0n) is 9.30. The van der Waals surface area contributed by atoms with E-state index in [4.69, 9.17) is 16.3 Å². The topological polar surface area (TPSA) is 26.3 Å². The summed E-state index contributed by atoms with van der Waals surface area (Å²) in [6.45, 7) is 1.45. The van der Waals surface area contributed by atoms with Crippen LogP contribution in [0.25, 0.3) is 0 Å². The van der Waals surface area contributed by atoms with Crippen LogP contribution in [0, 0.1) is 0 Å².